The Hall–Kier alpha value is -1.15. The van der Waals surface area contributed by atoms with E-state index in [1.54, 1.807) is 13.0 Å². The van der Waals surface area contributed by atoms with Gasteiger partial charge in [-0.1, -0.05) is 33.3 Å². The van der Waals surface area contributed by atoms with Gasteiger partial charge in [-0.3, -0.25) is 4.79 Å². The van der Waals surface area contributed by atoms with Gasteiger partial charge >= 0.3 is 11.9 Å². The van der Waals surface area contributed by atoms with Gasteiger partial charge in [0.2, 0.25) is 0 Å². The van der Waals surface area contributed by atoms with Crippen LogP contribution in [-0.2, 0) is 19.1 Å². The Kier molecular flexibility index (Phi) is 10.5. The minimum atomic E-state index is -0.715. The van der Waals surface area contributed by atoms with E-state index in [-0.39, 0.29) is 65.5 Å². The van der Waals surface area contributed by atoms with Gasteiger partial charge in [0.05, 0.1) is 18.6 Å². The van der Waals surface area contributed by atoms with Crippen LogP contribution in [0.3, 0.4) is 0 Å². The topological polar surface area (TPSA) is 96.3 Å². The molecule has 0 radical (unpaired) electrons. The molecule has 8 heteroatoms. The molecule has 3 rings (SSSR count). The Labute approximate surface area is 223 Å². The second-order valence-corrected chi connectivity index (χ2v) is 12.5. The zero-order valence-corrected chi connectivity index (χ0v) is 24.0. The SMILES string of the molecule is CC(O)CC(=O)O[C@H]1CC[C@]2(C)[C@H]3CC/C(=C\C(=O)OCCN(C)C)[C@H](C)[C@@H]3[C@@H](O)C[C@H]2C1(C)C.Cl. The van der Waals surface area contributed by atoms with Crippen molar-refractivity contribution in [2.24, 2.45) is 34.5 Å². The van der Waals surface area contributed by atoms with Crippen molar-refractivity contribution < 1.29 is 29.3 Å². The van der Waals surface area contributed by atoms with E-state index < -0.39 is 12.2 Å². The van der Waals surface area contributed by atoms with Crippen molar-refractivity contribution in [2.75, 3.05) is 27.2 Å². The maximum absolute atomic E-state index is 12.4. The molecule has 0 aromatic heterocycles. The van der Waals surface area contributed by atoms with Crippen LogP contribution in [0.4, 0.5) is 0 Å². The number of allylic oxidation sites excluding steroid dienone is 1. The lowest BCUT2D eigenvalue weighted by Crippen LogP contribution is -2.61. The van der Waals surface area contributed by atoms with Gasteiger partial charge in [-0.15, -0.1) is 12.4 Å². The summed E-state index contributed by atoms with van der Waals surface area (Å²) in [7, 11) is 3.89. The number of likely N-dealkylation sites (N-methyl/N-ethyl adjacent to an activating group) is 1. The van der Waals surface area contributed by atoms with E-state index in [9.17, 15) is 19.8 Å². The Morgan fingerprint density at radius 1 is 1.22 bits per heavy atom. The van der Waals surface area contributed by atoms with Gasteiger partial charge in [0.1, 0.15) is 12.7 Å². The first kappa shape index (κ1) is 31.1. The number of carbonyl (C=O) groups is 2. The number of esters is 2. The highest BCUT2D eigenvalue weighted by atomic mass is 35.5. The average Bonchev–Trinajstić information content (AvgIpc) is 2.73. The molecule has 3 aliphatic rings. The van der Waals surface area contributed by atoms with Crippen molar-refractivity contribution in [3.63, 3.8) is 0 Å². The molecule has 0 aromatic rings. The van der Waals surface area contributed by atoms with Gasteiger partial charge in [0.15, 0.2) is 0 Å². The number of fused-ring (bicyclic) bond motifs is 3. The van der Waals surface area contributed by atoms with E-state index >= 15 is 0 Å². The molecule has 8 atom stereocenters. The fourth-order valence-corrected chi connectivity index (χ4v) is 7.57. The van der Waals surface area contributed by atoms with Gasteiger partial charge in [-0.2, -0.15) is 0 Å². The quantitative estimate of drug-likeness (QED) is 0.380. The molecule has 0 spiro atoms. The van der Waals surface area contributed by atoms with E-state index in [2.05, 4.69) is 27.7 Å². The Morgan fingerprint density at radius 2 is 1.89 bits per heavy atom. The minimum Gasteiger partial charge on any atom is -0.462 e. The molecule has 36 heavy (non-hydrogen) atoms. The summed E-state index contributed by atoms with van der Waals surface area (Å²) in [5, 5.41) is 21.0. The molecule has 0 saturated heterocycles. The van der Waals surface area contributed by atoms with Crippen molar-refractivity contribution in [3.8, 4) is 0 Å². The number of halogens is 1. The predicted octanol–water partition coefficient (Wildman–Crippen LogP) is 3.99. The molecule has 208 valence electrons. The third-order valence-electron chi connectivity index (χ3n) is 9.43. The number of ether oxygens (including phenoxy) is 2. The first-order valence-corrected chi connectivity index (χ1v) is 13.3. The van der Waals surface area contributed by atoms with Crippen LogP contribution < -0.4 is 0 Å². The maximum Gasteiger partial charge on any atom is 0.330 e. The molecule has 0 aromatic carbocycles. The number of aliphatic hydroxyl groups is 2. The lowest BCUT2D eigenvalue weighted by Gasteiger charge is -2.64. The van der Waals surface area contributed by atoms with Crippen molar-refractivity contribution in [2.45, 2.75) is 91.5 Å². The fourth-order valence-electron chi connectivity index (χ4n) is 7.57. The van der Waals surface area contributed by atoms with Crippen LogP contribution in [0.5, 0.6) is 0 Å². The number of hydrogen-bond acceptors (Lipinski definition) is 7. The molecule has 3 aliphatic carbocycles. The van der Waals surface area contributed by atoms with Crippen LogP contribution in [0, 0.1) is 34.5 Å². The van der Waals surface area contributed by atoms with Crippen molar-refractivity contribution in [1.29, 1.82) is 0 Å². The van der Waals surface area contributed by atoms with Crippen LogP contribution in [-0.4, -0.2) is 72.6 Å². The van der Waals surface area contributed by atoms with E-state index in [4.69, 9.17) is 9.47 Å². The van der Waals surface area contributed by atoms with Gasteiger partial charge < -0.3 is 24.6 Å². The second kappa shape index (κ2) is 12.1. The van der Waals surface area contributed by atoms with Gasteiger partial charge in [-0.05, 0) is 82.2 Å². The maximum atomic E-state index is 12.4. The van der Waals surface area contributed by atoms with Crippen molar-refractivity contribution >= 4 is 24.3 Å². The zero-order chi connectivity index (χ0) is 26.1. The van der Waals surface area contributed by atoms with Crippen LogP contribution in [0.15, 0.2) is 11.6 Å². The number of carbonyl (C=O) groups excluding carboxylic acids is 2. The highest BCUT2D eigenvalue weighted by Crippen LogP contribution is 2.65. The van der Waals surface area contributed by atoms with Crippen LogP contribution in [0.1, 0.15) is 73.1 Å². The normalized spacial score (nSPS) is 37.3. The molecule has 7 nitrogen and oxygen atoms in total. The number of nitrogens with zero attached hydrogens (tertiary/aromatic N) is 1. The number of rotatable bonds is 7. The van der Waals surface area contributed by atoms with Crippen LogP contribution in [0.2, 0.25) is 0 Å². The Morgan fingerprint density at radius 3 is 2.50 bits per heavy atom. The summed E-state index contributed by atoms with van der Waals surface area (Å²) in [5.74, 6) is 0.153. The van der Waals surface area contributed by atoms with E-state index in [1.807, 2.05) is 19.0 Å². The molecule has 2 N–H and O–H groups in total. The molecule has 3 saturated carbocycles. The summed E-state index contributed by atoms with van der Waals surface area (Å²) < 4.78 is 11.3. The monoisotopic (exact) mass is 529 g/mol. The molecular weight excluding hydrogens is 482 g/mol. The van der Waals surface area contributed by atoms with Crippen molar-refractivity contribution in [3.05, 3.63) is 11.6 Å². The van der Waals surface area contributed by atoms with Gasteiger partial charge in [-0.25, -0.2) is 4.79 Å². The summed E-state index contributed by atoms with van der Waals surface area (Å²) in [6, 6.07) is 0. The van der Waals surface area contributed by atoms with E-state index in [0.29, 0.717) is 25.5 Å². The molecular formula is C28H48ClNO6. The smallest absolute Gasteiger partial charge is 0.330 e. The highest BCUT2D eigenvalue weighted by Gasteiger charge is 2.61. The van der Waals surface area contributed by atoms with E-state index in [1.165, 1.54) is 0 Å². The lowest BCUT2D eigenvalue weighted by atomic mass is 9.42. The standard InChI is InChI=1S/C28H47NO6.ClH/c1-17(30)14-25(33)35-23-10-11-28(5)20-9-8-19(15-24(32)34-13-12-29(6)7)18(2)26(20)21(31)16-22(28)27(23,3)4;/h15,17-18,20-23,26,30-31H,8-14,16H2,1-7H3;1H/b19-15+;/t17?,18-,20-,21-,22-,23-,26-,28+;/m0./s1. The van der Waals surface area contributed by atoms with Crippen LogP contribution >= 0.6 is 12.4 Å². The largest absolute Gasteiger partial charge is 0.462 e. The molecule has 0 amide bonds. The summed E-state index contributed by atoms with van der Waals surface area (Å²) in [6.45, 7) is 11.5. The molecule has 1 unspecified atom stereocenters. The zero-order valence-electron chi connectivity index (χ0n) is 23.2. The third-order valence-corrected chi connectivity index (χ3v) is 9.43. The van der Waals surface area contributed by atoms with Gasteiger partial charge in [0, 0.05) is 18.0 Å². The molecule has 0 aliphatic heterocycles. The van der Waals surface area contributed by atoms with Gasteiger partial charge in [0.25, 0.3) is 0 Å². The third kappa shape index (κ3) is 6.46. The first-order chi connectivity index (χ1) is 16.3. The van der Waals surface area contributed by atoms with E-state index in [0.717, 1.165) is 31.3 Å². The summed E-state index contributed by atoms with van der Waals surface area (Å²) in [5.41, 5.74) is 0.845. The fraction of sp³-hybridized carbons (Fsp3) is 0.857. The predicted molar refractivity (Wildman–Crippen MR) is 142 cm³/mol. The number of hydrogen-bond donors (Lipinski definition) is 2. The first-order valence-electron chi connectivity index (χ1n) is 13.3. The summed E-state index contributed by atoms with van der Waals surface area (Å²) in [4.78, 5) is 26.7. The molecule has 3 fully saturated rings. The summed E-state index contributed by atoms with van der Waals surface area (Å²) >= 11 is 0. The highest BCUT2D eigenvalue weighted by molar-refractivity contribution is 5.85. The summed E-state index contributed by atoms with van der Waals surface area (Å²) in [6.07, 6.45) is 4.46. The Balaban J connectivity index is 0.00000456. The van der Waals surface area contributed by atoms with Crippen LogP contribution in [0.25, 0.3) is 0 Å². The molecule has 0 heterocycles. The average molecular weight is 530 g/mol. The lowest BCUT2D eigenvalue weighted by molar-refractivity contribution is -0.205. The van der Waals surface area contributed by atoms with Crippen molar-refractivity contribution in [1.82, 2.24) is 4.90 Å². The molecule has 0 bridgehead atoms. The Bertz CT molecular complexity index is 812. The second-order valence-electron chi connectivity index (χ2n) is 12.5. The number of aliphatic hydroxyl groups excluding tert-OH is 2. The minimum absolute atomic E-state index is 0.